The van der Waals surface area contributed by atoms with Gasteiger partial charge < -0.3 is 5.32 Å². The van der Waals surface area contributed by atoms with Gasteiger partial charge in [-0.2, -0.15) is 13.2 Å². The van der Waals surface area contributed by atoms with E-state index in [0.29, 0.717) is 16.6 Å². The summed E-state index contributed by atoms with van der Waals surface area (Å²) in [5, 5.41) is 10.6. The number of hydrogen-bond donors (Lipinski definition) is 1. The molecule has 1 N–H and O–H groups in total. The van der Waals surface area contributed by atoms with Crippen molar-refractivity contribution in [2.45, 2.75) is 25.7 Å². The van der Waals surface area contributed by atoms with Crippen LogP contribution in [0.25, 0.3) is 11.0 Å². The Morgan fingerprint density at radius 3 is 2.72 bits per heavy atom. The van der Waals surface area contributed by atoms with Crippen molar-refractivity contribution in [3.63, 3.8) is 0 Å². The normalized spacial score (nSPS) is 13.0. The summed E-state index contributed by atoms with van der Waals surface area (Å²) in [4.78, 5) is 12.2. The van der Waals surface area contributed by atoms with Crippen molar-refractivity contribution in [2.75, 3.05) is 0 Å². The second-order valence-electron chi connectivity index (χ2n) is 5.65. The highest BCUT2D eigenvalue weighted by molar-refractivity contribution is 5.80. The monoisotopic (exact) mass is 348 g/mol. The van der Waals surface area contributed by atoms with Gasteiger partial charge in [-0.05, 0) is 36.8 Å². The number of hydrogen-bond acceptors (Lipinski definition) is 3. The van der Waals surface area contributed by atoms with Crippen molar-refractivity contribution in [1.82, 2.24) is 20.3 Å². The first-order valence-corrected chi connectivity index (χ1v) is 7.59. The summed E-state index contributed by atoms with van der Waals surface area (Å²) in [5.74, 6) is -0.361. The number of halogens is 3. The molecule has 130 valence electrons. The highest BCUT2D eigenvalue weighted by Gasteiger charge is 2.30. The zero-order valence-corrected chi connectivity index (χ0v) is 13.3. The first-order chi connectivity index (χ1) is 11.8. The van der Waals surface area contributed by atoms with Crippen LogP contribution in [0.2, 0.25) is 0 Å². The Bertz CT molecular complexity index is 904. The Kier molecular flexibility index (Phi) is 4.43. The largest absolute Gasteiger partial charge is 0.416 e. The van der Waals surface area contributed by atoms with E-state index < -0.39 is 17.8 Å². The number of carbonyl (C=O) groups is 1. The van der Waals surface area contributed by atoms with E-state index in [1.165, 1.54) is 10.7 Å². The number of benzene rings is 2. The molecule has 0 bridgehead atoms. The molecule has 0 radical (unpaired) electrons. The van der Waals surface area contributed by atoms with Gasteiger partial charge >= 0.3 is 6.18 Å². The van der Waals surface area contributed by atoms with Crippen LogP contribution in [-0.4, -0.2) is 20.9 Å². The predicted octanol–water partition coefficient (Wildman–Crippen LogP) is 3.33. The van der Waals surface area contributed by atoms with Crippen LogP contribution in [0.3, 0.4) is 0 Å². The van der Waals surface area contributed by atoms with Crippen LogP contribution in [0.4, 0.5) is 13.2 Å². The van der Waals surface area contributed by atoms with Crippen LogP contribution in [0.5, 0.6) is 0 Å². The molecule has 1 amide bonds. The lowest BCUT2D eigenvalue weighted by Gasteiger charge is -2.16. The van der Waals surface area contributed by atoms with E-state index >= 15 is 0 Å². The number of amides is 1. The molecule has 1 aromatic heterocycles. The Morgan fingerprint density at radius 1 is 1.20 bits per heavy atom. The lowest BCUT2D eigenvalue weighted by Crippen LogP contribution is -2.30. The molecule has 1 unspecified atom stereocenters. The fourth-order valence-electron chi connectivity index (χ4n) is 2.52. The molecule has 0 aliphatic heterocycles. The van der Waals surface area contributed by atoms with Gasteiger partial charge in [0.2, 0.25) is 5.91 Å². The molecule has 0 spiro atoms. The molecule has 2 aromatic carbocycles. The minimum Gasteiger partial charge on any atom is -0.348 e. The lowest BCUT2D eigenvalue weighted by atomic mass is 10.0. The van der Waals surface area contributed by atoms with Crippen LogP contribution in [0, 0.1) is 0 Å². The highest BCUT2D eigenvalue weighted by Crippen LogP contribution is 2.30. The Labute approximate surface area is 141 Å². The van der Waals surface area contributed by atoms with Gasteiger partial charge in [0.25, 0.3) is 0 Å². The third kappa shape index (κ3) is 3.78. The van der Waals surface area contributed by atoms with Crippen molar-refractivity contribution < 1.29 is 18.0 Å². The van der Waals surface area contributed by atoms with Crippen molar-refractivity contribution in [2.24, 2.45) is 0 Å². The standard InChI is InChI=1S/C17H15F3N4O/c1-11(12-5-4-6-13(9-12)17(18,19)20)21-16(25)10-24-15-8-3-2-7-14(15)22-23-24/h2-9,11H,10H2,1H3,(H,21,25). The Balaban J connectivity index is 1.70. The molecule has 5 nitrogen and oxygen atoms in total. The predicted molar refractivity (Wildman–Crippen MR) is 85.5 cm³/mol. The number of rotatable bonds is 4. The summed E-state index contributed by atoms with van der Waals surface area (Å²) < 4.78 is 39.8. The van der Waals surface area contributed by atoms with Gasteiger partial charge in [-0.15, -0.1) is 5.10 Å². The van der Waals surface area contributed by atoms with Gasteiger partial charge in [0.15, 0.2) is 0 Å². The molecule has 1 atom stereocenters. The number of carbonyl (C=O) groups excluding carboxylic acids is 1. The lowest BCUT2D eigenvalue weighted by molar-refractivity contribution is -0.137. The quantitative estimate of drug-likeness (QED) is 0.787. The van der Waals surface area contributed by atoms with Crippen LogP contribution in [-0.2, 0) is 17.5 Å². The van der Waals surface area contributed by atoms with Crippen LogP contribution >= 0.6 is 0 Å². The van der Waals surface area contributed by atoms with E-state index in [9.17, 15) is 18.0 Å². The number of alkyl halides is 3. The van der Waals surface area contributed by atoms with Gasteiger partial charge in [-0.25, -0.2) is 4.68 Å². The first kappa shape index (κ1) is 16.9. The molecule has 3 aromatic rings. The maximum atomic E-state index is 12.8. The number of para-hydroxylation sites is 1. The van der Waals surface area contributed by atoms with E-state index in [2.05, 4.69) is 15.6 Å². The fourth-order valence-corrected chi connectivity index (χ4v) is 2.52. The average Bonchev–Trinajstić information content (AvgIpc) is 2.97. The van der Waals surface area contributed by atoms with Gasteiger partial charge in [-0.1, -0.05) is 29.5 Å². The summed E-state index contributed by atoms with van der Waals surface area (Å²) in [5.41, 5.74) is 1.02. The van der Waals surface area contributed by atoms with E-state index in [1.54, 1.807) is 25.1 Å². The molecule has 8 heteroatoms. The minimum absolute atomic E-state index is 0.0657. The third-order valence-corrected chi connectivity index (χ3v) is 3.81. The third-order valence-electron chi connectivity index (χ3n) is 3.81. The van der Waals surface area contributed by atoms with E-state index in [1.807, 2.05) is 12.1 Å². The molecule has 0 aliphatic carbocycles. The van der Waals surface area contributed by atoms with Gasteiger partial charge in [0.05, 0.1) is 17.1 Å². The zero-order chi connectivity index (χ0) is 18.0. The SMILES string of the molecule is CC(NC(=O)Cn1nnc2ccccc21)c1cccc(C(F)(F)F)c1. The first-order valence-electron chi connectivity index (χ1n) is 7.59. The van der Waals surface area contributed by atoms with E-state index in [0.717, 1.165) is 12.1 Å². The van der Waals surface area contributed by atoms with E-state index in [-0.39, 0.29) is 12.5 Å². The Morgan fingerprint density at radius 2 is 1.96 bits per heavy atom. The summed E-state index contributed by atoms with van der Waals surface area (Å²) in [6.07, 6.45) is -4.42. The average molecular weight is 348 g/mol. The van der Waals surface area contributed by atoms with Crippen molar-refractivity contribution in [3.8, 4) is 0 Å². The second-order valence-corrected chi connectivity index (χ2v) is 5.65. The highest BCUT2D eigenvalue weighted by atomic mass is 19.4. The number of aromatic nitrogens is 3. The van der Waals surface area contributed by atoms with Gasteiger partial charge in [0.1, 0.15) is 12.1 Å². The van der Waals surface area contributed by atoms with Crippen LogP contribution in [0.15, 0.2) is 48.5 Å². The number of fused-ring (bicyclic) bond motifs is 1. The van der Waals surface area contributed by atoms with Crippen molar-refractivity contribution in [3.05, 3.63) is 59.7 Å². The van der Waals surface area contributed by atoms with Crippen LogP contribution < -0.4 is 5.32 Å². The summed E-state index contributed by atoms with van der Waals surface area (Å²) >= 11 is 0. The number of nitrogens with zero attached hydrogens (tertiary/aromatic N) is 3. The second kappa shape index (κ2) is 6.54. The maximum absolute atomic E-state index is 12.8. The van der Waals surface area contributed by atoms with Gasteiger partial charge in [-0.3, -0.25) is 4.79 Å². The van der Waals surface area contributed by atoms with Crippen molar-refractivity contribution in [1.29, 1.82) is 0 Å². The molecular weight excluding hydrogens is 333 g/mol. The summed E-state index contributed by atoms with van der Waals surface area (Å²) in [6.45, 7) is 1.57. The molecule has 0 aliphatic rings. The van der Waals surface area contributed by atoms with E-state index in [4.69, 9.17) is 0 Å². The smallest absolute Gasteiger partial charge is 0.348 e. The zero-order valence-electron chi connectivity index (χ0n) is 13.3. The molecular formula is C17H15F3N4O. The number of nitrogens with one attached hydrogen (secondary N) is 1. The van der Waals surface area contributed by atoms with Crippen LogP contribution in [0.1, 0.15) is 24.1 Å². The molecule has 25 heavy (non-hydrogen) atoms. The van der Waals surface area contributed by atoms with Gasteiger partial charge in [0, 0.05) is 0 Å². The molecule has 3 rings (SSSR count). The molecule has 1 heterocycles. The fraction of sp³-hybridized carbons (Fsp3) is 0.235. The summed E-state index contributed by atoms with van der Waals surface area (Å²) in [6, 6.07) is 11.5. The topological polar surface area (TPSA) is 59.8 Å². The minimum atomic E-state index is -4.42. The molecule has 0 fully saturated rings. The Hall–Kier alpha value is -2.90. The molecule has 0 saturated heterocycles. The molecule has 0 saturated carbocycles. The van der Waals surface area contributed by atoms with Crippen molar-refractivity contribution >= 4 is 16.9 Å². The maximum Gasteiger partial charge on any atom is 0.416 e. The summed E-state index contributed by atoms with van der Waals surface area (Å²) in [7, 11) is 0.